The highest BCUT2D eigenvalue weighted by atomic mass is 16.5. The van der Waals surface area contributed by atoms with E-state index < -0.39 is 5.91 Å². The number of nitrogens with two attached hydrogens (primary N) is 2. The van der Waals surface area contributed by atoms with Crippen LogP contribution in [0, 0.1) is 0 Å². The second-order valence-electron chi connectivity index (χ2n) is 4.06. The summed E-state index contributed by atoms with van der Waals surface area (Å²) in [5, 5.41) is 3.21. The Bertz CT molecular complexity index is 416. The van der Waals surface area contributed by atoms with Gasteiger partial charge in [-0.1, -0.05) is 0 Å². The Balaban J connectivity index is 2.16. The van der Waals surface area contributed by atoms with Crippen LogP contribution in [0.25, 0.3) is 0 Å². The number of amides is 1. The summed E-state index contributed by atoms with van der Waals surface area (Å²) in [4.78, 5) is 15.4. The van der Waals surface area contributed by atoms with Gasteiger partial charge in [0.2, 0.25) is 0 Å². The molecule has 1 aliphatic heterocycles. The molecule has 0 saturated carbocycles. The molecule has 0 bridgehead atoms. The highest BCUT2D eigenvalue weighted by Crippen LogP contribution is 2.18. The van der Waals surface area contributed by atoms with Gasteiger partial charge >= 0.3 is 0 Å². The summed E-state index contributed by atoms with van der Waals surface area (Å²) in [7, 11) is 0. The first-order valence-corrected chi connectivity index (χ1v) is 5.56. The summed E-state index contributed by atoms with van der Waals surface area (Å²) < 4.78 is 5.26. The maximum absolute atomic E-state index is 11.3. The molecule has 1 aliphatic rings. The first-order chi connectivity index (χ1) is 8.16. The van der Waals surface area contributed by atoms with E-state index in [0.29, 0.717) is 17.1 Å². The minimum Gasteiger partial charge on any atom is -0.397 e. The Hall–Kier alpha value is -1.82. The summed E-state index contributed by atoms with van der Waals surface area (Å²) in [6.07, 6.45) is 3.29. The number of aromatic nitrogens is 1. The van der Waals surface area contributed by atoms with E-state index in [-0.39, 0.29) is 6.04 Å². The zero-order valence-electron chi connectivity index (χ0n) is 9.48. The third-order valence-corrected chi connectivity index (χ3v) is 2.74. The lowest BCUT2D eigenvalue weighted by Crippen LogP contribution is -2.29. The molecule has 0 atom stereocenters. The molecule has 17 heavy (non-hydrogen) atoms. The van der Waals surface area contributed by atoms with Crippen LogP contribution in [-0.2, 0) is 4.74 Å². The minimum atomic E-state index is -0.528. The lowest BCUT2D eigenvalue weighted by atomic mass is 10.1. The molecule has 2 heterocycles. The number of nitrogens with one attached hydrogen (secondary N) is 1. The molecule has 6 nitrogen and oxygen atoms in total. The number of anilines is 2. The van der Waals surface area contributed by atoms with E-state index in [4.69, 9.17) is 16.2 Å². The molecule has 0 spiro atoms. The number of carbonyl (C=O) groups is 1. The lowest BCUT2D eigenvalue weighted by molar-refractivity contribution is 0.0903. The fraction of sp³-hybridized carbons (Fsp3) is 0.455. The van der Waals surface area contributed by atoms with Crippen LogP contribution in [0.5, 0.6) is 0 Å². The van der Waals surface area contributed by atoms with Gasteiger partial charge in [-0.15, -0.1) is 0 Å². The fourth-order valence-corrected chi connectivity index (χ4v) is 1.82. The highest BCUT2D eigenvalue weighted by Gasteiger charge is 2.17. The zero-order chi connectivity index (χ0) is 12.3. The first kappa shape index (κ1) is 11.7. The van der Waals surface area contributed by atoms with Gasteiger partial charge in [0, 0.05) is 19.3 Å². The topological polar surface area (TPSA) is 103 Å². The number of ether oxygens (including phenoxy) is 1. The van der Waals surface area contributed by atoms with Gasteiger partial charge in [-0.05, 0) is 18.9 Å². The fourth-order valence-electron chi connectivity index (χ4n) is 1.82. The van der Waals surface area contributed by atoms with E-state index in [0.717, 1.165) is 26.1 Å². The smallest absolute Gasteiger partial charge is 0.252 e. The van der Waals surface area contributed by atoms with Crippen LogP contribution < -0.4 is 16.8 Å². The van der Waals surface area contributed by atoms with Gasteiger partial charge in [0.1, 0.15) is 5.82 Å². The molecule has 1 amide bonds. The van der Waals surface area contributed by atoms with Gasteiger partial charge in [-0.25, -0.2) is 4.98 Å². The van der Waals surface area contributed by atoms with Crippen molar-refractivity contribution in [3.05, 3.63) is 17.8 Å². The van der Waals surface area contributed by atoms with Crippen LogP contribution in [0.15, 0.2) is 12.3 Å². The second-order valence-corrected chi connectivity index (χ2v) is 4.06. The van der Waals surface area contributed by atoms with Crippen LogP contribution in [0.4, 0.5) is 11.5 Å². The molecule has 1 saturated heterocycles. The molecule has 1 aromatic heterocycles. The summed E-state index contributed by atoms with van der Waals surface area (Å²) in [5.41, 5.74) is 11.6. The summed E-state index contributed by atoms with van der Waals surface area (Å²) in [6.45, 7) is 1.44. The maximum Gasteiger partial charge on any atom is 0.252 e. The van der Waals surface area contributed by atoms with Gasteiger partial charge in [-0.3, -0.25) is 4.79 Å². The Morgan fingerprint density at radius 1 is 1.47 bits per heavy atom. The molecule has 0 aliphatic carbocycles. The average molecular weight is 236 g/mol. The Labute approximate surface area is 99.3 Å². The van der Waals surface area contributed by atoms with Crippen LogP contribution >= 0.6 is 0 Å². The predicted molar refractivity (Wildman–Crippen MR) is 64.6 cm³/mol. The Morgan fingerprint density at radius 2 is 2.18 bits per heavy atom. The van der Waals surface area contributed by atoms with Crippen LogP contribution in [-0.4, -0.2) is 30.1 Å². The quantitative estimate of drug-likeness (QED) is 0.702. The van der Waals surface area contributed by atoms with Gasteiger partial charge in [0.15, 0.2) is 0 Å². The standard InChI is InChI=1S/C11H16N4O2/c12-7-5-9(10(13)16)11(14-6-7)15-8-1-3-17-4-2-8/h5-6,8H,1-4,12H2,(H2,13,16)(H,14,15). The number of hydrogen-bond donors (Lipinski definition) is 3. The van der Waals surface area contributed by atoms with E-state index >= 15 is 0 Å². The van der Waals surface area contributed by atoms with Crippen LogP contribution in [0.1, 0.15) is 23.2 Å². The number of carbonyl (C=O) groups excluding carboxylic acids is 1. The van der Waals surface area contributed by atoms with Gasteiger partial charge < -0.3 is 21.5 Å². The molecule has 0 unspecified atom stereocenters. The monoisotopic (exact) mass is 236 g/mol. The molecule has 1 fully saturated rings. The minimum absolute atomic E-state index is 0.262. The Kier molecular flexibility index (Phi) is 3.43. The van der Waals surface area contributed by atoms with Crippen molar-refractivity contribution in [3.63, 3.8) is 0 Å². The van der Waals surface area contributed by atoms with Gasteiger partial charge in [0.05, 0.1) is 17.4 Å². The summed E-state index contributed by atoms with van der Waals surface area (Å²) in [5.74, 6) is -0.0297. The van der Waals surface area contributed by atoms with E-state index in [2.05, 4.69) is 10.3 Å². The highest BCUT2D eigenvalue weighted by molar-refractivity contribution is 5.98. The number of primary amides is 1. The maximum atomic E-state index is 11.3. The normalized spacial score (nSPS) is 16.7. The molecule has 6 heteroatoms. The number of rotatable bonds is 3. The summed E-state index contributed by atoms with van der Waals surface area (Å²) >= 11 is 0. The van der Waals surface area contributed by atoms with E-state index in [1.807, 2.05) is 0 Å². The van der Waals surface area contributed by atoms with Crippen LogP contribution in [0.2, 0.25) is 0 Å². The van der Waals surface area contributed by atoms with Crippen molar-refractivity contribution in [2.45, 2.75) is 18.9 Å². The third kappa shape index (κ3) is 2.85. The van der Waals surface area contributed by atoms with Crippen molar-refractivity contribution in [1.29, 1.82) is 0 Å². The van der Waals surface area contributed by atoms with Gasteiger partial charge in [0.25, 0.3) is 5.91 Å². The number of nitrogen functional groups attached to an aromatic ring is 1. The van der Waals surface area contributed by atoms with Crippen molar-refractivity contribution < 1.29 is 9.53 Å². The van der Waals surface area contributed by atoms with Crippen molar-refractivity contribution in [3.8, 4) is 0 Å². The summed E-state index contributed by atoms with van der Waals surface area (Å²) in [6, 6.07) is 1.80. The zero-order valence-corrected chi connectivity index (χ0v) is 9.48. The van der Waals surface area contributed by atoms with Crippen LogP contribution in [0.3, 0.4) is 0 Å². The molecular weight excluding hydrogens is 220 g/mol. The number of hydrogen-bond acceptors (Lipinski definition) is 5. The first-order valence-electron chi connectivity index (χ1n) is 5.56. The SMILES string of the molecule is NC(=O)c1cc(N)cnc1NC1CCOCC1. The largest absolute Gasteiger partial charge is 0.397 e. The molecule has 2 rings (SSSR count). The van der Waals surface area contributed by atoms with E-state index in [9.17, 15) is 4.79 Å². The molecule has 92 valence electrons. The molecule has 0 radical (unpaired) electrons. The van der Waals surface area contributed by atoms with Gasteiger partial charge in [-0.2, -0.15) is 0 Å². The third-order valence-electron chi connectivity index (χ3n) is 2.74. The van der Waals surface area contributed by atoms with Crippen molar-refractivity contribution in [2.75, 3.05) is 24.3 Å². The predicted octanol–water partition coefficient (Wildman–Crippen LogP) is 0.354. The van der Waals surface area contributed by atoms with Crippen molar-refractivity contribution in [2.24, 2.45) is 5.73 Å². The molecule has 1 aromatic rings. The second kappa shape index (κ2) is 5.01. The average Bonchev–Trinajstić information content (AvgIpc) is 2.32. The molecule has 5 N–H and O–H groups in total. The van der Waals surface area contributed by atoms with Crippen molar-refractivity contribution in [1.82, 2.24) is 4.98 Å². The number of pyridine rings is 1. The molecule has 0 aromatic carbocycles. The molecular formula is C11H16N4O2. The number of nitrogens with zero attached hydrogens (tertiary/aromatic N) is 1. The van der Waals surface area contributed by atoms with E-state index in [1.54, 1.807) is 0 Å². The lowest BCUT2D eigenvalue weighted by Gasteiger charge is -2.24. The van der Waals surface area contributed by atoms with Crippen molar-refractivity contribution >= 4 is 17.4 Å². The van der Waals surface area contributed by atoms with E-state index in [1.165, 1.54) is 12.3 Å². The Morgan fingerprint density at radius 3 is 2.82 bits per heavy atom.